The summed E-state index contributed by atoms with van der Waals surface area (Å²) in [5.74, 6) is -0.251. The van der Waals surface area contributed by atoms with E-state index in [1.807, 2.05) is 30.3 Å². The van der Waals surface area contributed by atoms with Gasteiger partial charge in [-0.05, 0) is 31.2 Å². The van der Waals surface area contributed by atoms with Crippen molar-refractivity contribution in [2.45, 2.75) is 37.7 Å². The Morgan fingerprint density at radius 2 is 1.93 bits per heavy atom. The molecule has 2 N–H and O–H groups in total. The Labute approximate surface area is 161 Å². The van der Waals surface area contributed by atoms with E-state index in [0.29, 0.717) is 38.8 Å². The SMILES string of the molecule is C=CCC(O)(CC=C)CNC(=O)[C@H]1CCC(=O)N(CCc2ccccc2)C1. The van der Waals surface area contributed by atoms with E-state index >= 15 is 0 Å². The third-order valence-corrected chi connectivity index (χ3v) is 5.02. The van der Waals surface area contributed by atoms with Crippen LogP contribution in [0.1, 0.15) is 31.2 Å². The van der Waals surface area contributed by atoms with Crippen LogP contribution in [-0.4, -0.2) is 47.1 Å². The summed E-state index contributed by atoms with van der Waals surface area (Å²) in [6.07, 6.45) is 5.75. The van der Waals surface area contributed by atoms with Gasteiger partial charge in [0.05, 0.1) is 11.5 Å². The number of benzene rings is 1. The molecule has 27 heavy (non-hydrogen) atoms. The molecule has 2 rings (SSSR count). The van der Waals surface area contributed by atoms with Crippen molar-refractivity contribution >= 4 is 11.8 Å². The average molecular weight is 370 g/mol. The van der Waals surface area contributed by atoms with E-state index in [1.165, 1.54) is 5.56 Å². The quantitative estimate of drug-likeness (QED) is 0.622. The Bertz CT molecular complexity index is 647. The van der Waals surface area contributed by atoms with E-state index in [4.69, 9.17) is 0 Å². The molecule has 146 valence electrons. The van der Waals surface area contributed by atoms with E-state index in [2.05, 4.69) is 18.5 Å². The smallest absolute Gasteiger partial charge is 0.225 e. The number of carbonyl (C=O) groups excluding carboxylic acids is 2. The van der Waals surface area contributed by atoms with E-state index in [0.717, 1.165) is 6.42 Å². The zero-order valence-electron chi connectivity index (χ0n) is 15.9. The van der Waals surface area contributed by atoms with Gasteiger partial charge in [0, 0.05) is 26.1 Å². The molecule has 2 amide bonds. The number of amides is 2. The standard InChI is InChI=1S/C22H30N2O3/c1-3-13-22(27,14-4-2)17-23-21(26)19-10-11-20(25)24(16-19)15-12-18-8-6-5-7-9-18/h3-9,19,27H,1-2,10-17H2,(H,23,26)/t19-/m0/s1. The van der Waals surface area contributed by atoms with Crippen LogP contribution in [0.4, 0.5) is 0 Å². The molecule has 1 heterocycles. The molecule has 1 aliphatic heterocycles. The summed E-state index contributed by atoms with van der Waals surface area (Å²) in [4.78, 5) is 26.5. The van der Waals surface area contributed by atoms with Crippen molar-refractivity contribution < 1.29 is 14.7 Å². The van der Waals surface area contributed by atoms with Crippen molar-refractivity contribution in [2.24, 2.45) is 5.92 Å². The fraction of sp³-hybridized carbons (Fsp3) is 0.455. The third kappa shape index (κ3) is 6.36. The van der Waals surface area contributed by atoms with Gasteiger partial charge in [-0.15, -0.1) is 13.2 Å². The Morgan fingerprint density at radius 3 is 2.56 bits per heavy atom. The first kappa shape index (κ1) is 20.9. The molecular formula is C22H30N2O3. The zero-order chi connectivity index (χ0) is 19.7. The normalized spacial score (nSPS) is 17.4. The monoisotopic (exact) mass is 370 g/mol. The Morgan fingerprint density at radius 1 is 1.26 bits per heavy atom. The van der Waals surface area contributed by atoms with Crippen molar-refractivity contribution in [1.29, 1.82) is 0 Å². The van der Waals surface area contributed by atoms with Gasteiger partial charge >= 0.3 is 0 Å². The summed E-state index contributed by atoms with van der Waals surface area (Å²) < 4.78 is 0. The van der Waals surface area contributed by atoms with Crippen LogP contribution in [0, 0.1) is 5.92 Å². The van der Waals surface area contributed by atoms with Crippen molar-refractivity contribution in [1.82, 2.24) is 10.2 Å². The van der Waals surface area contributed by atoms with Gasteiger partial charge in [-0.25, -0.2) is 0 Å². The van der Waals surface area contributed by atoms with E-state index < -0.39 is 5.60 Å². The minimum absolute atomic E-state index is 0.102. The Balaban J connectivity index is 1.88. The topological polar surface area (TPSA) is 69.6 Å². The first-order valence-corrected chi connectivity index (χ1v) is 9.51. The highest BCUT2D eigenvalue weighted by Crippen LogP contribution is 2.20. The van der Waals surface area contributed by atoms with Gasteiger partial charge < -0.3 is 15.3 Å². The fourth-order valence-electron chi connectivity index (χ4n) is 3.41. The number of aliphatic hydroxyl groups is 1. The maximum Gasteiger partial charge on any atom is 0.225 e. The number of hydrogen-bond acceptors (Lipinski definition) is 3. The molecule has 0 aromatic heterocycles. The van der Waals surface area contributed by atoms with Gasteiger partial charge in [0.15, 0.2) is 0 Å². The van der Waals surface area contributed by atoms with Crippen LogP contribution < -0.4 is 5.32 Å². The summed E-state index contributed by atoms with van der Waals surface area (Å²) in [6.45, 7) is 8.51. The van der Waals surface area contributed by atoms with Crippen LogP contribution in [0.15, 0.2) is 55.6 Å². The van der Waals surface area contributed by atoms with Crippen molar-refractivity contribution in [3.05, 3.63) is 61.2 Å². The first-order chi connectivity index (χ1) is 13.0. The molecule has 0 radical (unpaired) electrons. The first-order valence-electron chi connectivity index (χ1n) is 9.51. The number of rotatable bonds is 10. The predicted molar refractivity (Wildman–Crippen MR) is 107 cm³/mol. The summed E-state index contributed by atoms with van der Waals surface area (Å²) in [7, 11) is 0. The highest BCUT2D eigenvalue weighted by atomic mass is 16.3. The molecule has 1 aromatic carbocycles. The number of piperidine rings is 1. The molecular weight excluding hydrogens is 340 g/mol. The van der Waals surface area contributed by atoms with Crippen molar-refractivity contribution in [3.63, 3.8) is 0 Å². The zero-order valence-corrected chi connectivity index (χ0v) is 15.9. The minimum atomic E-state index is -1.06. The lowest BCUT2D eigenvalue weighted by molar-refractivity contribution is -0.138. The molecule has 0 saturated carbocycles. The summed E-state index contributed by atoms with van der Waals surface area (Å²) in [5, 5.41) is 13.4. The number of carbonyl (C=O) groups is 2. The predicted octanol–water partition coefficient (Wildman–Crippen LogP) is 2.47. The van der Waals surface area contributed by atoms with E-state index in [9.17, 15) is 14.7 Å². The molecule has 0 bridgehead atoms. The molecule has 5 nitrogen and oxygen atoms in total. The van der Waals surface area contributed by atoms with E-state index in [-0.39, 0.29) is 24.3 Å². The molecule has 0 aliphatic carbocycles. The Hall–Kier alpha value is -2.40. The summed E-state index contributed by atoms with van der Waals surface area (Å²) >= 11 is 0. The van der Waals surface area contributed by atoms with Gasteiger partial charge in [-0.2, -0.15) is 0 Å². The lowest BCUT2D eigenvalue weighted by Gasteiger charge is -2.33. The average Bonchev–Trinajstić information content (AvgIpc) is 2.67. The van der Waals surface area contributed by atoms with Crippen LogP contribution in [0.3, 0.4) is 0 Å². The molecule has 0 unspecified atom stereocenters. The second kappa shape index (κ2) is 10.1. The lowest BCUT2D eigenvalue weighted by Crippen LogP contribution is -2.49. The van der Waals surface area contributed by atoms with Crippen LogP contribution in [0.5, 0.6) is 0 Å². The second-order valence-electron chi connectivity index (χ2n) is 7.24. The minimum Gasteiger partial charge on any atom is -0.387 e. The van der Waals surface area contributed by atoms with Crippen LogP contribution in [0.2, 0.25) is 0 Å². The van der Waals surface area contributed by atoms with Crippen LogP contribution in [-0.2, 0) is 16.0 Å². The number of hydrogen-bond donors (Lipinski definition) is 2. The molecule has 5 heteroatoms. The largest absolute Gasteiger partial charge is 0.387 e. The maximum absolute atomic E-state index is 12.6. The van der Waals surface area contributed by atoms with Crippen LogP contribution >= 0.6 is 0 Å². The summed E-state index contributed by atoms with van der Waals surface area (Å²) in [6, 6.07) is 10.0. The van der Waals surface area contributed by atoms with Gasteiger partial charge in [-0.1, -0.05) is 42.5 Å². The van der Waals surface area contributed by atoms with Gasteiger partial charge in [-0.3, -0.25) is 9.59 Å². The van der Waals surface area contributed by atoms with Crippen molar-refractivity contribution in [3.8, 4) is 0 Å². The third-order valence-electron chi connectivity index (χ3n) is 5.02. The van der Waals surface area contributed by atoms with Gasteiger partial charge in [0.1, 0.15) is 0 Å². The molecule has 1 aromatic rings. The number of nitrogens with one attached hydrogen (secondary N) is 1. The molecule has 1 atom stereocenters. The highest BCUT2D eigenvalue weighted by Gasteiger charge is 2.31. The molecule has 0 spiro atoms. The number of likely N-dealkylation sites (tertiary alicyclic amines) is 1. The van der Waals surface area contributed by atoms with Crippen LogP contribution in [0.25, 0.3) is 0 Å². The maximum atomic E-state index is 12.6. The number of nitrogens with zero attached hydrogens (tertiary/aromatic N) is 1. The summed E-state index contributed by atoms with van der Waals surface area (Å²) in [5.41, 5.74) is 0.118. The molecule has 1 fully saturated rings. The highest BCUT2D eigenvalue weighted by molar-refractivity contribution is 5.83. The lowest BCUT2D eigenvalue weighted by atomic mass is 9.93. The molecule has 1 aliphatic rings. The van der Waals surface area contributed by atoms with Gasteiger partial charge in [0.2, 0.25) is 11.8 Å². The Kier molecular flexibility index (Phi) is 7.80. The second-order valence-corrected chi connectivity index (χ2v) is 7.24. The molecule has 1 saturated heterocycles. The fourth-order valence-corrected chi connectivity index (χ4v) is 3.41. The van der Waals surface area contributed by atoms with Gasteiger partial charge in [0.25, 0.3) is 0 Å². The van der Waals surface area contributed by atoms with E-state index in [1.54, 1.807) is 17.1 Å². The van der Waals surface area contributed by atoms with Crippen molar-refractivity contribution in [2.75, 3.05) is 19.6 Å².